The van der Waals surface area contributed by atoms with E-state index in [1.54, 1.807) is 39.4 Å². The fourth-order valence-electron chi connectivity index (χ4n) is 1.70. The molecule has 4 heteroatoms. The second-order valence-corrected chi connectivity index (χ2v) is 4.59. The number of carbonyl (C=O) groups is 1. The monoisotopic (exact) mass is 264 g/mol. The molecule has 19 heavy (non-hydrogen) atoms. The Labute approximate surface area is 114 Å². The highest BCUT2D eigenvalue weighted by Crippen LogP contribution is 2.22. The van der Waals surface area contributed by atoms with E-state index in [-0.39, 0.29) is 19.2 Å². The van der Waals surface area contributed by atoms with Crippen molar-refractivity contribution in [2.75, 3.05) is 27.4 Å². The van der Waals surface area contributed by atoms with Gasteiger partial charge in [0, 0.05) is 14.2 Å². The quantitative estimate of drug-likeness (QED) is 0.561. The molecule has 1 aromatic rings. The summed E-state index contributed by atoms with van der Waals surface area (Å²) in [7, 11) is 3.08. The minimum Gasteiger partial charge on any atom is -0.426 e. The average Bonchev–Trinajstić information content (AvgIpc) is 2.40. The number of hydrogen-bond donors (Lipinski definition) is 0. The van der Waals surface area contributed by atoms with Gasteiger partial charge in [0.1, 0.15) is 11.2 Å². The Balaban J connectivity index is 2.77. The lowest BCUT2D eigenvalue weighted by Crippen LogP contribution is -2.40. The van der Waals surface area contributed by atoms with E-state index in [2.05, 4.69) is 6.58 Å². The summed E-state index contributed by atoms with van der Waals surface area (Å²) in [5, 5.41) is 0. The zero-order chi connectivity index (χ0) is 14.3. The lowest BCUT2D eigenvalue weighted by atomic mass is 9.93. The predicted molar refractivity (Wildman–Crippen MR) is 74.0 cm³/mol. The summed E-state index contributed by atoms with van der Waals surface area (Å²) in [5.74, 6) is 0.122. The Morgan fingerprint density at radius 2 is 1.74 bits per heavy atom. The van der Waals surface area contributed by atoms with Gasteiger partial charge in [-0.1, -0.05) is 24.8 Å². The molecule has 1 aromatic carbocycles. The molecule has 4 nitrogen and oxygen atoms in total. The van der Waals surface area contributed by atoms with E-state index in [1.165, 1.54) is 0 Å². The number of carbonyl (C=O) groups excluding carboxylic acids is 1. The molecule has 0 saturated heterocycles. The molecule has 0 saturated carbocycles. The Kier molecular flexibility index (Phi) is 5.73. The van der Waals surface area contributed by atoms with Crippen LogP contribution in [-0.4, -0.2) is 33.4 Å². The van der Waals surface area contributed by atoms with Crippen LogP contribution >= 0.6 is 0 Å². The first kappa shape index (κ1) is 15.4. The third-order valence-corrected chi connectivity index (χ3v) is 2.74. The third kappa shape index (κ3) is 4.19. The summed E-state index contributed by atoms with van der Waals surface area (Å²) in [5.41, 5.74) is 0.150. The Bertz CT molecular complexity index is 416. The van der Waals surface area contributed by atoms with Gasteiger partial charge >= 0.3 is 5.97 Å². The Hall–Kier alpha value is -1.65. The van der Waals surface area contributed by atoms with Gasteiger partial charge in [-0.3, -0.25) is 4.79 Å². The molecule has 0 bridgehead atoms. The van der Waals surface area contributed by atoms with Gasteiger partial charge in [-0.05, 0) is 24.6 Å². The van der Waals surface area contributed by atoms with Crippen molar-refractivity contribution in [3.63, 3.8) is 0 Å². The van der Waals surface area contributed by atoms with Crippen LogP contribution in [0.25, 0.3) is 6.08 Å². The van der Waals surface area contributed by atoms with Gasteiger partial charge in [-0.25, -0.2) is 0 Å². The van der Waals surface area contributed by atoms with E-state index in [0.29, 0.717) is 5.75 Å². The second-order valence-electron chi connectivity index (χ2n) is 4.59. The number of rotatable bonds is 7. The van der Waals surface area contributed by atoms with Crippen molar-refractivity contribution in [1.29, 1.82) is 0 Å². The third-order valence-electron chi connectivity index (χ3n) is 2.74. The van der Waals surface area contributed by atoms with E-state index in [0.717, 1.165) is 5.56 Å². The molecule has 104 valence electrons. The van der Waals surface area contributed by atoms with Crippen LogP contribution in [0.1, 0.15) is 12.5 Å². The van der Waals surface area contributed by atoms with Gasteiger partial charge in [-0.15, -0.1) is 0 Å². The molecule has 0 spiro atoms. The van der Waals surface area contributed by atoms with Gasteiger partial charge in [0.2, 0.25) is 0 Å². The summed E-state index contributed by atoms with van der Waals surface area (Å²) >= 11 is 0. The lowest BCUT2D eigenvalue weighted by Gasteiger charge is -2.25. The first-order chi connectivity index (χ1) is 9.05. The molecule has 0 aliphatic heterocycles. The van der Waals surface area contributed by atoms with Crippen LogP contribution in [0.2, 0.25) is 0 Å². The second kappa shape index (κ2) is 7.07. The minimum atomic E-state index is -0.819. The first-order valence-corrected chi connectivity index (χ1v) is 5.98. The number of benzene rings is 1. The summed E-state index contributed by atoms with van der Waals surface area (Å²) in [6, 6.07) is 7.13. The van der Waals surface area contributed by atoms with Crippen molar-refractivity contribution in [3.05, 3.63) is 36.4 Å². The smallest absolute Gasteiger partial charge is 0.321 e. The zero-order valence-electron chi connectivity index (χ0n) is 11.6. The van der Waals surface area contributed by atoms with E-state index in [9.17, 15) is 4.79 Å². The molecule has 0 aliphatic rings. The molecule has 0 atom stereocenters. The molecule has 0 N–H and O–H groups in total. The topological polar surface area (TPSA) is 44.8 Å². The van der Waals surface area contributed by atoms with Crippen molar-refractivity contribution in [1.82, 2.24) is 0 Å². The summed E-state index contributed by atoms with van der Waals surface area (Å²) in [6.45, 7) is 5.90. The number of methoxy groups -OCH3 is 2. The lowest BCUT2D eigenvalue weighted by molar-refractivity contribution is -0.151. The highest BCUT2D eigenvalue weighted by Gasteiger charge is 2.35. The molecule has 0 amide bonds. The van der Waals surface area contributed by atoms with Gasteiger partial charge < -0.3 is 14.2 Å². The van der Waals surface area contributed by atoms with E-state index >= 15 is 0 Å². The standard InChI is InChI=1S/C15H20O4/c1-5-12-6-8-13(9-7-12)19-14(16)15(2,10-17-3)11-18-4/h5-9H,1,10-11H2,2-4H3. The van der Waals surface area contributed by atoms with Gasteiger partial charge in [0.15, 0.2) is 0 Å². The van der Waals surface area contributed by atoms with Gasteiger partial charge in [0.25, 0.3) is 0 Å². The van der Waals surface area contributed by atoms with Crippen LogP contribution in [0, 0.1) is 5.41 Å². The Morgan fingerprint density at radius 3 is 2.16 bits per heavy atom. The molecule has 0 aliphatic carbocycles. The van der Waals surface area contributed by atoms with Crippen molar-refractivity contribution >= 4 is 12.0 Å². The van der Waals surface area contributed by atoms with Crippen molar-refractivity contribution in [2.45, 2.75) is 6.92 Å². The largest absolute Gasteiger partial charge is 0.426 e. The SMILES string of the molecule is C=Cc1ccc(OC(=O)C(C)(COC)COC)cc1. The van der Waals surface area contributed by atoms with Crippen molar-refractivity contribution in [2.24, 2.45) is 5.41 Å². The minimum absolute atomic E-state index is 0.240. The van der Waals surface area contributed by atoms with E-state index < -0.39 is 5.41 Å². The molecule has 0 fully saturated rings. The zero-order valence-corrected chi connectivity index (χ0v) is 11.6. The van der Waals surface area contributed by atoms with Crippen LogP contribution in [0.15, 0.2) is 30.8 Å². The maximum Gasteiger partial charge on any atom is 0.321 e. The maximum atomic E-state index is 12.2. The average molecular weight is 264 g/mol. The normalized spacial score (nSPS) is 11.1. The van der Waals surface area contributed by atoms with Crippen LogP contribution in [0.5, 0.6) is 5.75 Å². The van der Waals surface area contributed by atoms with Gasteiger partial charge in [-0.2, -0.15) is 0 Å². The molecule has 0 unspecified atom stereocenters. The summed E-state index contributed by atoms with van der Waals surface area (Å²) < 4.78 is 15.5. The molecule has 0 heterocycles. The van der Waals surface area contributed by atoms with Crippen LogP contribution in [0.4, 0.5) is 0 Å². The van der Waals surface area contributed by atoms with Crippen LogP contribution in [-0.2, 0) is 14.3 Å². The fraction of sp³-hybridized carbons (Fsp3) is 0.400. The number of ether oxygens (including phenoxy) is 3. The van der Waals surface area contributed by atoms with Crippen LogP contribution < -0.4 is 4.74 Å². The molecule has 0 aromatic heterocycles. The molecular weight excluding hydrogens is 244 g/mol. The van der Waals surface area contributed by atoms with E-state index in [4.69, 9.17) is 14.2 Å². The first-order valence-electron chi connectivity index (χ1n) is 5.98. The van der Waals surface area contributed by atoms with Gasteiger partial charge in [0.05, 0.1) is 13.2 Å². The maximum absolute atomic E-state index is 12.2. The fourth-order valence-corrected chi connectivity index (χ4v) is 1.70. The van der Waals surface area contributed by atoms with E-state index in [1.807, 2.05) is 12.1 Å². The number of hydrogen-bond acceptors (Lipinski definition) is 4. The molecular formula is C15H20O4. The highest BCUT2D eigenvalue weighted by atomic mass is 16.5. The summed E-state index contributed by atoms with van der Waals surface area (Å²) in [4.78, 5) is 12.2. The highest BCUT2D eigenvalue weighted by molar-refractivity contribution is 5.79. The van der Waals surface area contributed by atoms with Crippen molar-refractivity contribution in [3.8, 4) is 5.75 Å². The Morgan fingerprint density at radius 1 is 1.21 bits per heavy atom. The molecule has 1 rings (SSSR count). The van der Waals surface area contributed by atoms with Crippen LogP contribution in [0.3, 0.4) is 0 Å². The number of esters is 1. The predicted octanol–water partition coefficient (Wildman–Crippen LogP) is 2.53. The summed E-state index contributed by atoms with van der Waals surface area (Å²) in [6.07, 6.45) is 1.73. The molecule has 0 radical (unpaired) electrons. The van der Waals surface area contributed by atoms with Crippen molar-refractivity contribution < 1.29 is 19.0 Å².